The van der Waals surface area contributed by atoms with Gasteiger partial charge in [0, 0.05) is 55.6 Å². The molecular weight excluding hydrogens is 805 g/mol. The van der Waals surface area contributed by atoms with Crippen LogP contribution >= 0.6 is 0 Å². The van der Waals surface area contributed by atoms with Gasteiger partial charge in [-0.2, -0.15) is 0 Å². The van der Waals surface area contributed by atoms with Gasteiger partial charge in [-0.3, -0.25) is 4.79 Å². The first kappa shape index (κ1) is 53.5. The standard InChI is InChI=1S/C44H86N2O12Si2/c1-20-31-36(48)28(5)37(55-34-24-44(10,52-13)40(30(7)54-34)58-60(17,18)19)29(6)39(56-41-38(57-59(14,15)16)32(46(11)12)21-26(3)53-41)43(9,50)22-25(2)35(45-51)27(4)33(47)23-42(31,8)49/h25-34,37-41,47,49-51H,20-24H2,1-19H3/b45-35+/t25-,26-,27-,28+,29+,30+,31-,32+,33+,34+,37-,38-,39-,40+,41-,42+,43-,44-/m1/s1. The van der Waals surface area contributed by atoms with Crippen molar-refractivity contribution in [1.82, 2.24) is 4.90 Å². The van der Waals surface area contributed by atoms with Gasteiger partial charge in [-0.1, -0.05) is 39.8 Å². The fraction of sp³-hybridized carbons (Fsp3) is 0.955. The zero-order valence-electron chi connectivity index (χ0n) is 40.6. The van der Waals surface area contributed by atoms with Crippen LogP contribution < -0.4 is 0 Å². The molecule has 2 heterocycles. The van der Waals surface area contributed by atoms with Crippen LogP contribution in [-0.4, -0.2) is 153 Å². The van der Waals surface area contributed by atoms with Gasteiger partial charge in [-0.05, 0) is 107 Å². The predicted molar refractivity (Wildman–Crippen MR) is 238 cm³/mol. The third-order valence-corrected chi connectivity index (χ3v) is 15.2. The molecule has 14 nitrogen and oxygen atoms in total. The van der Waals surface area contributed by atoms with Crippen LogP contribution in [0.1, 0.15) is 101 Å². The Morgan fingerprint density at radius 2 is 1.40 bits per heavy atom. The normalized spacial score (nSPS) is 45.5. The van der Waals surface area contributed by atoms with Gasteiger partial charge < -0.3 is 58.0 Å². The quantitative estimate of drug-likeness (QED) is 0.102. The van der Waals surface area contributed by atoms with E-state index in [0.717, 1.165) is 0 Å². The van der Waals surface area contributed by atoms with Crippen molar-refractivity contribution >= 4 is 28.1 Å². The Morgan fingerprint density at radius 3 is 1.90 bits per heavy atom. The van der Waals surface area contributed by atoms with Gasteiger partial charge in [0.15, 0.2) is 29.2 Å². The van der Waals surface area contributed by atoms with E-state index in [0.29, 0.717) is 12.8 Å². The molecule has 1 saturated carbocycles. The third kappa shape index (κ3) is 13.1. The lowest BCUT2D eigenvalue weighted by Crippen LogP contribution is -2.62. The lowest BCUT2D eigenvalue weighted by molar-refractivity contribution is -0.314. The van der Waals surface area contributed by atoms with Gasteiger partial charge in [-0.15, -0.1) is 0 Å². The second-order valence-corrected chi connectivity index (χ2v) is 30.4. The fourth-order valence-electron chi connectivity index (χ4n) is 10.2. The van der Waals surface area contributed by atoms with Crippen LogP contribution in [-0.2, 0) is 37.3 Å². The van der Waals surface area contributed by atoms with Crippen molar-refractivity contribution in [2.45, 2.75) is 219 Å². The molecule has 18 atom stereocenters. The van der Waals surface area contributed by atoms with Crippen molar-refractivity contribution in [2.24, 2.45) is 34.7 Å². The molecule has 1 aliphatic carbocycles. The monoisotopic (exact) mass is 891 g/mol. The van der Waals surface area contributed by atoms with Crippen molar-refractivity contribution < 1.29 is 57.9 Å². The molecule has 0 spiro atoms. The van der Waals surface area contributed by atoms with Crippen molar-refractivity contribution in [3.05, 3.63) is 0 Å². The summed E-state index contributed by atoms with van der Waals surface area (Å²) in [5.74, 6) is -3.97. The number of likely N-dealkylation sites (N-methyl/N-ethyl adjacent to an activating group) is 1. The molecule has 2 aliphatic heterocycles. The number of Topliss-reactive ketones (excluding diaryl/α,β-unsaturated/α-hetero) is 1. The Labute approximate surface area is 364 Å². The molecular formula is C44H86N2O12Si2. The van der Waals surface area contributed by atoms with E-state index < -0.39 is 106 Å². The average molecular weight is 891 g/mol. The summed E-state index contributed by atoms with van der Waals surface area (Å²) in [4.78, 5) is 17.1. The summed E-state index contributed by atoms with van der Waals surface area (Å²) in [7, 11) is 1.47. The highest BCUT2D eigenvalue weighted by molar-refractivity contribution is 6.70. The number of hydrogen-bond acceptors (Lipinski definition) is 14. The first-order chi connectivity index (χ1) is 27.3. The molecule has 60 heavy (non-hydrogen) atoms. The summed E-state index contributed by atoms with van der Waals surface area (Å²) in [6.45, 7) is 31.1. The van der Waals surface area contributed by atoms with Crippen molar-refractivity contribution in [2.75, 3.05) is 21.2 Å². The second kappa shape index (κ2) is 20.5. The first-order valence-electron chi connectivity index (χ1n) is 22.4. The highest BCUT2D eigenvalue weighted by Crippen LogP contribution is 2.43. The Bertz CT molecular complexity index is 1420. The number of oxime groups is 1. The van der Waals surface area contributed by atoms with E-state index in [2.05, 4.69) is 49.3 Å². The largest absolute Gasteiger partial charge is 0.411 e. The Hall–Kier alpha value is -0.866. The van der Waals surface area contributed by atoms with Gasteiger partial charge in [0.05, 0.1) is 59.1 Å². The van der Waals surface area contributed by atoms with Gasteiger partial charge in [-0.25, -0.2) is 0 Å². The molecule has 3 rings (SSSR count). The highest BCUT2D eigenvalue weighted by atomic mass is 28.4. The molecule has 4 N–H and O–H groups in total. The third-order valence-electron chi connectivity index (χ3n) is 13.3. The van der Waals surface area contributed by atoms with E-state index in [4.69, 9.17) is 32.5 Å². The van der Waals surface area contributed by atoms with Crippen molar-refractivity contribution in [3.63, 3.8) is 0 Å². The molecule has 0 radical (unpaired) electrons. The van der Waals surface area contributed by atoms with Crippen molar-refractivity contribution in [3.8, 4) is 0 Å². The summed E-state index contributed by atoms with van der Waals surface area (Å²) >= 11 is 0. The van der Waals surface area contributed by atoms with Crippen LogP contribution in [0.3, 0.4) is 0 Å². The minimum atomic E-state index is -2.19. The number of carbonyl (C=O) groups is 1. The molecule has 3 aliphatic rings. The zero-order valence-corrected chi connectivity index (χ0v) is 42.6. The van der Waals surface area contributed by atoms with Crippen LogP contribution in [0.5, 0.6) is 0 Å². The molecule has 16 heteroatoms. The summed E-state index contributed by atoms with van der Waals surface area (Å²) in [6.07, 6.45) is -5.21. The van der Waals surface area contributed by atoms with E-state index in [1.54, 1.807) is 34.8 Å². The summed E-state index contributed by atoms with van der Waals surface area (Å²) in [6, 6.07) is -0.0612. The zero-order chi connectivity index (χ0) is 46.1. The highest BCUT2D eigenvalue weighted by Gasteiger charge is 2.54. The van der Waals surface area contributed by atoms with Crippen molar-refractivity contribution in [1.29, 1.82) is 0 Å². The Kier molecular flexibility index (Phi) is 18.3. The minimum absolute atomic E-state index is 0.0504. The number of rotatable bonds is 11. The van der Waals surface area contributed by atoms with Crippen LogP contribution in [0.4, 0.5) is 0 Å². The van der Waals surface area contributed by atoms with E-state index in [-0.39, 0.29) is 49.0 Å². The molecule has 0 aromatic carbocycles. The molecule has 0 amide bonds. The number of ketones is 1. The van der Waals surface area contributed by atoms with Gasteiger partial charge >= 0.3 is 0 Å². The molecule has 352 valence electrons. The van der Waals surface area contributed by atoms with Gasteiger partial charge in [0.2, 0.25) is 0 Å². The number of ether oxygens (including phenoxy) is 5. The number of carbonyl (C=O) groups excluding carboxylic acids is 1. The summed E-state index contributed by atoms with van der Waals surface area (Å²) < 4.78 is 47.2. The maximum atomic E-state index is 15.0. The maximum Gasteiger partial charge on any atom is 0.184 e. The molecule has 0 unspecified atom stereocenters. The number of hydrogen-bond donors (Lipinski definition) is 4. The van der Waals surface area contributed by atoms with Crippen LogP contribution in [0.25, 0.3) is 0 Å². The molecule has 0 bridgehead atoms. The average Bonchev–Trinajstić information content (AvgIpc) is 3.09. The number of aliphatic hydroxyl groups excluding tert-OH is 1. The fourth-order valence-corrected chi connectivity index (χ4v) is 12.5. The Morgan fingerprint density at radius 1 is 0.817 bits per heavy atom. The second-order valence-electron chi connectivity index (χ2n) is 21.5. The van der Waals surface area contributed by atoms with E-state index in [1.807, 2.05) is 55.6 Å². The van der Waals surface area contributed by atoms with E-state index in [1.165, 1.54) is 0 Å². The van der Waals surface area contributed by atoms with Gasteiger partial charge in [0.1, 0.15) is 11.9 Å². The SMILES string of the molecule is CC[C@@H]1C(=O)[C@H](C)[C@@H](O[C@H]2C[C@@](C)(OC)[C@@H](O[Si](C)(C)C)[C@H](C)O2)[C@H](C)[C@@H](O[C@H]2O[C@H](C)C[C@H](N(C)C)[C@H]2O[Si](C)(C)C)[C@](C)(O)C[C@@H](C)/C(=N\O)[C@H](C)[C@@H](O)C[C@]1(C)O. The minimum Gasteiger partial charge on any atom is -0.411 e. The number of methoxy groups -OCH3 is 1. The molecule has 3 fully saturated rings. The van der Waals surface area contributed by atoms with E-state index >= 15 is 0 Å². The lowest BCUT2D eigenvalue weighted by atomic mass is 9.69. The molecule has 0 aromatic heterocycles. The number of aliphatic hydroxyl groups is 3. The lowest BCUT2D eigenvalue weighted by Gasteiger charge is -2.51. The summed E-state index contributed by atoms with van der Waals surface area (Å²) in [5, 5.41) is 50.7. The van der Waals surface area contributed by atoms with Crippen LogP contribution in [0, 0.1) is 29.6 Å². The summed E-state index contributed by atoms with van der Waals surface area (Å²) in [5.41, 5.74) is -3.81. The molecule has 2 saturated heterocycles. The molecule has 0 aromatic rings. The van der Waals surface area contributed by atoms with Gasteiger partial charge in [0.25, 0.3) is 0 Å². The topological polar surface area (TPSA) is 178 Å². The Balaban J connectivity index is 2.30. The smallest absolute Gasteiger partial charge is 0.184 e. The predicted octanol–water partition coefficient (Wildman–Crippen LogP) is 6.43. The maximum absolute atomic E-state index is 15.0. The van der Waals surface area contributed by atoms with Crippen LogP contribution in [0.2, 0.25) is 39.3 Å². The first-order valence-corrected chi connectivity index (χ1v) is 29.2. The van der Waals surface area contributed by atoms with Crippen LogP contribution in [0.15, 0.2) is 5.16 Å². The van der Waals surface area contributed by atoms with E-state index in [9.17, 15) is 25.3 Å². The number of nitrogens with zero attached hydrogens (tertiary/aromatic N) is 2.